The van der Waals surface area contributed by atoms with E-state index in [4.69, 9.17) is 0 Å². The molecule has 174 valence electrons. The summed E-state index contributed by atoms with van der Waals surface area (Å²) in [5, 5.41) is 3.63. The van der Waals surface area contributed by atoms with Crippen LogP contribution in [0.1, 0.15) is 55.3 Å². The predicted octanol–water partition coefficient (Wildman–Crippen LogP) is 3.91. The monoisotopic (exact) mass is 459 g/mol. The zero-order chi connectivity index (χ0) is 23.9. The van der Waals surface area contributed by atoms with Crippen LogP contribution in [0.2, 0.25) is 0 Å². The summed E-state index contributed by atoms with van der Waals surface area (Å²) in [5.41, 5.74) is 0.153. The van der Waals surface area contributed by atoms with Gasteiger partial charge < -0.3 is 10.2 Å². The molecule has 1 fully saturated rings. The van der Waals surface area contributed by atoms with Gasteiger partial charge >= 0.3 is 0 Å². The van der Waals surface area contributed by atoms with E-state index < -0.39 is 23.8 Å². The number of aryl methyl sites for hydroxylation is 1. The van der Waals surface area contributed by atoms with E-state index in [1.165, 1.54) is 30.0 Å². The van der Waals surface area contributed by atoms with Gasteiger partial charge in [0.15, 0.2) is 0 Å². The first-order chi connectivity index (χ1) is 15.7. The van der Waals surface area contributed by atoms with Crippen molar-refractivity contribution in [3.05, 3.63) is 63.5 Å². The van der Waals surface area contributed by atoms with E-state index in [0.717, 1.165) is 6.07 Å². The maximum absolute atomic E-state index is 14.6. The number of carbonyl (C=O) groups is 1. The number of amides is 1. The van der Waals surface area contributed by atoms with Crippen molar-refractivity contribution >= 4 is 22.8 Å². The summed E-state index contributed by atoms with van der Waals surface area (Å²) in [5.74, 6) is -0.771. The van der Waals surface area contributed by atoms with Crippen LogP contribution in [0.5, 0.6) is 0 Å². The van der Waals surface area contributed by atoms with Crippen molar-refractivity contribution in [3.63, 3.8) is 0 Å². The molecule has 0 spiro atoms. The molecule has 1 saturated heterocycles. The molecule has 1 aliphatic heterocycles. The first-order valence-corrected chi connectivity index (χ1v) is 10.6. The van der Waals surface area contributed by atoms with E-state index in [1.54, 1.807) is 24.9 Å². The lowest BCUT2D eigenvalue weighted by Crippen LogP contribution is -2.28. The molecule has 2 aromatic heterocycles. The zero-order valence-corrected chi connectivity index (χ0v) is 18.5. The Morgan fingerprint density at radius 1 is 1.24 bits per heavy atom. The second-order valence-electron chi connectivity index (χ2n) is 8.29. The standard InChI is InChI=1S/C23H24F3N5O2/c1-12(15-5-4-6-16(19(15)24)20(25)26)29-21-18-9-17(14-7-8-31(10-14)13(2)32)23(33)30(3)22(18)28-11-27-21/h4-6,9,11-12,14,20H,7-8,10H2,1-3H3,(H,27,28,29)/t12-,14-/m1/s1. The molecule has 7 nitrogen and oxygen atoms in total. The summed E-state index contributed by atoms with van der Waals surface area (Å²) in [4.78, 5) is 34.9. The smallest absolute Gasteiger partial charge is 0.266 e. The Labute approximate surface area is 188 Å². The van der Waals surface area contributed by atoms with Gasteiger partial charge in [-0.25, -0.2) is 23.1 Å². The van der Waals surface area contributed by atoms with Gasteiger partial charge in [0.1, 0.15) is 23.6 Å². The number of hydrogen-bond donors (Lipinski definition) is 1. The van der Waals surface area contributed by atoms with E-state index in [-0.39, 0.29) is 22.9 Å². The van der Waals surface area contributed by atoms with Crippen LogP contribution in [-0.2, 0) is 11.8 Å². The Bertz CT molecular complexity index is 1280. The van der Waals surface area contributed by atoms with Crippen molar-refractivity contribution < 1.29 is 18.0 Å². The lowest BCUT2D eigenvalue weighted by molar-refractivity contribution is -0.127. The number of nitrogens with one attached hydrogen (secondary N) is 1. The van der Waals surface area contributed by atoms with Gasteiger partial charge in [-0.1, -0.05) is 18.2 Å². The fourth-order valence-corrected chi connectivity index (χ4v) is 4.36. The summed E-state index contributed by atoms with van der Waals surface area (Å²) in [6.45, 7) is 4.18. The third kappa shape index (κ3) is 4.17. The quantitative estimate of drug-likeness (QED) is 0.626. The summed E-state index contributed by atoms with van der Waals surface area (Å²) in [7, 11) is 1.61. The van der Waals surface area contributed by atoms with Gasteiger partial charge in [-0.15, -0.1) is 0 Å². The number of carbonyl (C=O) groups excluding carboxylic acids is 1. The SMILES string of the molecule is CC(=O)N1CC[C@@H](c2cc3c(N[C@H](C)c4cccc(C(F)F)c4F)ncnc3n(C)c2=O)C1. The Balaban J connectivity index is 1.74. The fourth-order valence-electron chi connectivity index (χ4n) is 4.36. The number of fused-ring (bicyclic) bond motifs is 1. The molecule has 10 heteroatoms. The number of pyridine rings is 1. The largest absolute Gasteiger partial charge is 0.363 e. The summed E-state index contributed by atoms with van der Waals surface area (Å²) < 4.78 is 42.3. The van der Waals surface area contributed by atoms with E-state index in [2.05, 4.69) is 15.3 Å². The maximum Gasteiger partial charge on any atom is 0.266 e. The number of aromatic nitrogens is 3. The van der Waals surface area contributed by atoms with Crippen LogP contribution >= 0.6 is 0 Å². The predicted molar refractivity (Wildman–Crippen MR) is 118 cm³/mol. The van der Waals surface area contributed by atoms with Crippen LogP contribution in [0.3, 0.4) is 0 Å². The number of nitrogens with zero attached hydrogens (tertiary/aromatic N) is 4. The molecule has 0 aliphatic carbocycles. The fraction of sp³-hybridized carbons (Fsp3) is 0.391. The Morgan fingerprint density at radius 3 is 2.64 bits per heavy atom. The van der Waals surface area contributed by atoms with Crippen LogP contribution in [0.25, 0.3) is 11.0 Å². The molecule has 0 unspecified atom stereocenters. The molecule has 0 saturated carbocycles. The minimum absolute atomic E-state index is 0.0392. The third-order valence-corrected chi connectivity index (χ3v) is 6.22. The lowest BCUT2D eigenvalue weighted by Gasteiger charge is -2.19. The highest BCUT2D eigenvalue weighted by Crippen LogP contribution is 2.31. The van der Waals surface area contributed by atoms with Crippen molar-refractivity contribution in [1.29, 1.82) is 0 Å². The third-order valence-electron chi connectivity index (χ3n) is 6.22. The number of rotatable bonds is 5. The molecule has 0 radical (unpaired) electrons. The Kier molecular flexibility index (Phi) is 6.09. The van der Waals surface area contributed by atoms with Gasteiger partial charge in [0.25, 0.3) is 12.0 Å². The van der Waals surface area contributed by atoms with Crippen molar-refractivity contribution in [1.82, 2.24) is 19.4 Å². The van der Waals surface area contributed by atoms with Crippen molar-refractivity contribution in [2.75, 3.05) is 18.4 Å². The van der Waals surface area contributed by atoms with Gasteiger partial charge in [0.05, 0.1) is 17.0 Å². The summed E-state index contributed by atoms with van der Waals surface area (Å²) in [6.07, 6.45) is -0.969. The molecule has 2 atom stereocenters. The van der Waals surface area contributed by atoms with Crippen LogP contribution in [0.4, 0.5) is 19.0 Å². The van der Waals surface area contributed by atoms with Crippen LogP contribution in [0, 0.1) is 5.82 Å². The van der Waals surface area contributed by atoms with Crippen LogP contribution in [0.15, 0.2) is 35.4 Å². The van der Waals surface area contributed by atoms with E-state index >= 15 is 0 Å². The number of halogens is 3. The minimum Gasteiger partial charge on any atom is -0.363 e. The second kappa shape index (κ2) is 8.84. The van der Waals surface area contributed by atoms with Crippen molar-refractivity contribution in [2.24, 2.45) is 7.05 Å². The maximum atomic E-state index is 14.6. The number of hydrogen-bond acceptors (Lipinski definition) is 5. The highest BCUT2D eigenvalue weighted by molar-refractivity contribution is 5.87. The zero-order valence-electron chi connectivity index (χ0n) is 18.5. The van der Waals surface area contributed by atoms with Crippen molar-refractivity contribution in [3.8, 4) is 0 Å². The molecule has 1 amide bonds. The molecular formula is C23H24F3N5O2. The number of benzene rings is 1. The van der Waals surface area contributed by atoms with Crippen molar-refractivity contribution in [2.45, 2.75) is 38.7 Å². The van der Waals surface area contributed by atoms with Gasteiger partial charge in [0.2, 0.25) is 5.91 Å². The van der Waals surface area contributed by atoms with Crippen LogP contribution in [-0.4, -0.2) is 38.4 Å². The topological polar surface area (TPSA) is 80.1 Å². The Hall–Kier alpha value is -3.43. The van der Waals surface area contributed by atoms with Crippen LogP contribution < -0.4 is 10.9 Å². The second-order valence-corrected chi connectivity index (χ2v) is 8.29. The van der Waals surface area contributed by atoms with Gasteiger partial charge in [-0.05, 0) is 19.4 Å². The molecule has 0 bridgehead atoms. The average Bonchev–Trinajstić information content (AvgIpc) is 3.27. The highest BCUT2D eigenvalue weighted by Gasteiger charge is 2.29. The minimum atomic E-state index is -2.92. The Morgan fingerprint density at radius 2 is 1.97 bits per heavy atom. The molecule has 33 heavy (non-hydrogen) atoms. The first-order valence-electron chi connectivity index (χ1n) is 10.6. The summed E-state index contributed by atoms with van der Waals surface area (Å²) in [6, 6.07) is 4.93. The molecular weight excluding hydrogens is 435 g/mol. The molecule has 1 aromatic carbocycles. The number of anilines is 1. The lowest BCUT2D eigenvalue weighted by atomic mass is 9.98. The van der Waals surface area contributed by atoms with Gasteiger partial charge in [-0.3, -0.25) is 14.2 Å². The van der Waals surface area contributed by atoms with Gasteiger partial charge in [0, 0.05) is 44.1 Å². The normalized spacial score (nSPS) is 17.1. The van der Waals surface area contributed by atoms with Gasteiger partial charge in [-0.2, -0.15) is 0 Å². The average molecular weight is 459 g/mol. The van der Waals surface area contributed by atoms with E-state index in [1.807, 2.05) is 0 Å². The van der Waals surface area contributed by atoms with E-state index in [0.29, 0.717) is 41.9 Å². The highest BCUT2D eigenvalue weighted by atomic mass is 19.3. The molecule has 4 rings (SSSR count). The number of alkyl halides is 2. The van der Waals surface area contributed by atoms with E-state index in [9.17, 15) is 22.8 Å². The molecule has 1 aliphatic rings. The molecule has 3 heterocycles. The summed E-state index contributed by atoms with van der Waals surface area (Å²) >= 11 is 0. The molecule has 1 N–H and O–H groups in total. The molecule has 3 aromatic rings. The number of likely N-dealkylation sites (tertiary alicyclic amines) is 1. The first kappa shape index (κ1) is 22.8.